The summed E-state index contributed by atoms with van der Waals surface area (Å²) < 4.78 is 12.0. The molecule has 154 valence electrons. The van der Waals surface area contributed by atoms with Crippen molar-refractivity contribution in [2.24, 2.45) is 0 Å². The van der Waals surface area contributed by atoms with Gasteiger partial charge >= 0.3 is 0 Å². The summed E-state index contributed by atoms with van der Waals surface area (Å²) in [6, 6.07) is 11.9. The number of aromatic hydroxyl groups is 1. The minimum atomic E-state index is -0.687. The normalized spacial score (nSPS) is 10.6. The van der Waals surface area contributed by atoms with Gasteiger partial charge in [-0.25, -0.2) is 0 Å². The lowest BCUT2D eigenvalue weighted by Gasteiger charge is -2.16. The highest BCUT2D eigenvalue weighted by Gasteiger charge is 2.27. The van der Waals surface area contributed by atoms with Crippen LogP contribution < -0.4 is 10.3 Å². The van der Waals surface area contributed by atoms with Crippen molar-refractivity contribution in [3.63, 3.8) is 0 Å². The minimum absolute atomic E-state index is 0.107. The quantitative estimate of drug-likeness (QED) is 0.451. The number of nitrogens with zero attached hydrogens (tertiary/aromatic N) is 2. The average Bonchev–Trinajstić information content (AvgIpc) is 3.25. The van der Waals surface area contributed by atoms with Gasteiger partial charge in [-0.2, -0.15) is 5.26 Å². The first-order valence-electron chi connectivity index (χ1n) is 9.64. The van der Waals surface area contributed by atoms with E-state index in [9.17, 15) is 20.0 Å². The molecule has 0 amide bonds. The number of nitriles is 1. The lowest BCUT2D eigenvalue weighted by molar-refractivity contribution is 0.103. The number of carbonyl (C=O) groups excluding carboxylic acids is 1. The molecule has 7 nitrogen and oxygen atoms in total. The predicted molar refractivity (Wildman–Crippen MR) is 110 cm³/mol. The van der Waals surface area contributed by atoms with E-state index in [1.807, 2.05) is 13.0 Å². The Morgan fingerprint density at radius 1 is 1.27 bits per heavy atom. The molecule has 0 spiro atoms. The Bertz CT molecular complexity index is 1150. The first-order valence-corrected chi connectivity index (χ1v) is 9.64. The summed E-state index contributed by atoms with van der Waals surface area (Å²) in [4.78, 5) is 26.1. The molecule has 0 atom stereocenters. The summed E-state index contributed by atoms with van der Waals surface area (Å²) in [6.07, 6.45) is 3.21. The predicted octanol–water partition coefficient (Wildman–Crippen LogP) is 3.79. The Labute approximate surface area is 173 Å². The van der Waals surface area contributed by atoms with Crippen LogP contribution in [0.25, 0.3) is 0 Å². The molecule has 30 heavy (non-hydrogen) atoms. The molecule has 0 saturated carbocycles. The minimum Gasteiger partial charge on any atom is -0.494 e. The van der Waals surface area contributed by atoms with Crippen molar-refractivity contribution in [2.45, 2.75) is 33.2 Å². The number of hydrogen-bond donors (Lipinski definition) is 1. The summed E-state index contributed by atoms with van der Waals surface area (Å²) in [5.41, 5.74) is -0.618. The summed E-state index contributed by atoms with van der Waals surface area (Å²) in [6.45, 7) is 3.85. The molecule has 1 aromatic carbocycles. The third kappa shape index (κ3) is 3.98. The van der Waals surface area contributed by atoms with E-state index in [0.29, 0.717) is 18.1 Å². The van der Waals surface area contributed by atoms with Gasteiger partial charge in [-0.3, -0.25) is 14.2 Å². The molecule has 0 aliphatic heterocycles. The van der Waals surface area contributed by atoms with Crippen LogP contribution in [0, 0.1) is 18.3 Å². The largest absolute Gasteiger partial charge is 0.494 e. The van der Waals surface area contributed by atoms with Crippen molar-refractivity contribution in [3.05, 3.63) is 81.0 Å². The van der Waals surface area contributed by atoms with E-state index < -0.39 is 17.2 Å². The number of rotatable bonds is 8. The smallest absolute Gasteiger partial charge is 0.271 e. The Kier molecular flexibility index (Phi) is 6.38. The maximum Gasteiger partial charge on any atom is 0.271 e. The molecule has 7 heteroatoms. The van der Waals surface area contributed by atoms with E-state index in [4.69, 9.17) is 9.15 Å². The molecular weight excluding hydrogens is 384 g/mol. The van der Waals surface area contributed by atoms with E-state index in [1.165, 1.54) is 13.2 Å². The molecule has 0 radical (unpaired) electrons. The number of aromatic nitrogens is 1. The number of ether oxygens (including phenoxy) is 1. The second-order valence-electron chi connectivity index (χ2n) is 6.81. The van der Waals surface area contributed by atoms with Crippen molar-refractivity contribution < 1.29 is 19.1 Å². The van der Waals surface area contributed by atoms with Crippen LogP contribution in [0.3, 0.4) is 0 Å². The Hall–Kier alpha value is -3.79. The molecule has 2 aromatic heterocycles. The number of unbranched alkanes of at least 4 members (excludes halogenated alkanes) is 1. The summed E-state index contributed by atoms with van der Waals surface area (Å²) in [5.74, 6) is -0.248. The number of carbonyl (C=O) groups is 1. The zero-order valence-electron chi connectivity index (χ0n) is 16.8. The highest BCUT2D eigenvalue weighted by Crippen LogP contribution is 2.29. The van der Waals surface area contributed by atoms with Crippen molar-refractivity contribution in [3.8, 4) is 17.7 Å². The number of pyridine rings is 1. The van der Waals surface area contributed by atoms with Crippen molar-refractivity contribution in [2.75, 3.05) is 6.61 Å². The van der Waals surface area contributed by atoms with Crippen molar-refractivity contribution >= 4 is 5.78 Å². The molecule has 1 N–H and O–H groups in total. The number of para-hydroxylation sites is 1. The van der Waals surface area contributed by atoms with E-state index in [0.717, 1.165) is 17.4 Å². The maximum absolute atomic E-state index is 13.4. The van der Waals surface area contributed by atoms with Crippen LogP contribution in [0.1, 0.15) is 52.6 Å². The Morgan fingerprint density at radius 3 is 2.70 bits per heavy atom. The molecule has 2 heterocycles. The van der Waals surface area contributed by atoms with Gasteiger partial charge in [0.1, 0.15) is 23.1 Å². The van der Waals surface area contributed by atoms with Crippen LogP contribution in [-0.4, -0.2) is 22.1 Å². The average molecular weight is 406 g/mol. The molecular formula is C23H22N2O5. The molecule has 0 unspecified atom stereocenters. The third-order valence-corrected chi connectivity index (χ3v) is 4.81. The van der Waals surface area contributed by atoms with E-state index in [2.05, 4.69) is 0 Å². The SMILES string of the molecule is CCCCOc1ccccc1C(=O)c1c(C)c(C#N)c(=O)n(Cc2ccco2)c1O. The molecule has 0 aliphatic carbocycles. The summed E-state index contributed by atoms with van der Waals surface area (Å²) in [7, 11) is 0. The van der Waals surface area contributed by atoms with Crippen LogP contribution in [0.4, 0.5) is 0 Å². The Balaban J connectivity index is 2.13. The van der Waals surface area contributed by atoms with Gasteiger partial charge in [-0.05, 0) is 43.2 Å². The number of ketones is 1. The fraction of sp³-hybridized carbons (Fsp3) is 0.261. The first-order chi connectivity index (χ1) is 14.5. The second-order valence-corrected chi connectivity index (χ2v) is 6.81. The van der Waals surface area contributed by atoms with Crippen molar-refractivity contribution in [1.29, 1.82) is 5.26 Å². The van der Waals surface area contributed by atoms with Gasteiger partial charge < -0.3 is 14.3 Å². The fourth-order valence-corrected chi connectivity index (χ4v) is 3.17. The van der Waals surface area contributed by atoms with Crippen LogP contribution in [0.5, 0.6) is 11.6 Å². The Morgan fingerprint density at radius 2 is 2.03 bits per heavy atom. The maximum atomic E-state index is 13.4. The van der Waals surface area contributed by atoms with Gasteiger partial charge in [0.25, 0.3) is 5.56 Å². The molecule has 3 rings (SSSR count). The lowest BCUT2D eigenvalue weighted by atomic mass is 9.96. The van der Waals surface area contributed by atoms with Gasteiger partial charge in [-0.15, -0.1) is 0 Å². The van der Waals surface area contributed by atoms with E-state index >= 15 is 0 Å². The highest BCUT2D eigenvalue weighted by atomic mass is 16.5. The van der Waals surface area contributed by atoms with Crippen LogP contribution in [0.2, 0.25) is 0 Å². The van der Waals surface area contributed by atoms with Gasteiger partial charge in [0, 0.05) is 0 Å². The monoisotopic (exact) mass is 406 g/mol. The van der Waals surface area contributed by atoms with Gasteiger partial charge in [-0.1, -0.05) is 25.5 Å². The van der Waals surface area contributed by atoms with Gasteiger partial charge in [0.15, 0.2) is 0 Å². The molecule has 0 saturated heterocycles. The highest BCUT2D eigenvalue weighted by molar-refractivity contribution is 6.13. The topological polar surface area (TPSA) is 105 Å². The van der Waals surface area contributed by atoms with E-state index in [-0.39, 0.29) is 28.8 Å². The van der Waals surface area contributed by atoms with E-state index in [1.54, 1.807) is 36.4 Å². The van der Waals surface area contributed by atoms with Crippen LogP contribution >= 0.6 is 0 Å². The number of hydrogen-bond acceptors (Lipinski definition) is 6. The zero-order valence-corrected chi connectivity index (χ0v) is 16.8. The van der Waals surface area contributed by atoms with Gasteiger partial charge in [0.2, 0.25) is 11.7 Å². The number of furan rings is 1. The number of benzene rings is 1. The van der Waals surface area contributed by atoms with Crippen LogP contribution in [0.15, 0.2) is 51.9 Å². The standard InChI is InChI=1S/C23H22N2O5/c1-3-4-11-30-19-10-6-5-9-17(19)21(26)20-15(2)18(13-24)22(27)25(23(20)28)14-16-8-7-12-29-16/h5-10,12,28H,3-4,11,14H2,1-2H3. The first kappa shape index (κ1) is 20.9. The third-order valence-electron chi connectivity index (χ3n) is 4.81. The molecule has 0 aliphatic rings. The van der Waals surface area contributed by atoms with Crippen LogP contribution in [-0.2, 0) is 6.54 Å². The fourth-order valence-electron chi connectivity index (χ4n) is 3.17. The molecule has 0 bridgehead atoms. The molecule has 0 fully saturated rings. The zero-order chi connectivity index (χ0) is 21.7. The molecule has 3 aromatic rings. The summed E-state index contributed by atoms with van der Waals surface area (Å²) in [5, 5.41) is 20.4. The summed E-state index contributed by atoms with van der Waals surface area (Å²) >= 11 is 0. The van der Waals surface area contributed by atoms with Gasteiger partial charge in [0.05, 0.1) is 30.5 Å². The van der Waals surface area contributed by atoms with Crippen molar-refractivity contribution in [1.82, 2.24) is 4.57 Å². The lowest BCUT2D eigenvalue weighted by Crippen LogP contribution is -2.27. The second kappa shape index (κ2) is 9.14.